The number of likely N-dealkylation sites (N-methyl/N-ethyl adjacent to an activating group) is 1. The summed E-state index contributed by atoms with van der Waals surface area (Å²) in [6, 6.07) is 8.30. The maximum absolute atomic E-state index is 12.0. The van der Waals surface area contributed by atoms with Crippen LogP contribution < -0.4 is 11.1 Å². The minimum Gasteiger partial charge on any atom is -0.355 e. The van der Waals surface area contributed by atoms with Crippen molar-refractivity contribution >= 4 is 5.91 Å². The maximum atomic E-state index is 12.0. The van der Waals surface area contributed by atoms with Gasteiger partial charge in [0.1, 0.15) is 0 Å². The molecule has 0 saturated carbocycles. The minimum absolute atomic E-state index is 0.0368. The van der Waals surface area contributed by atoms with Crippen LogP contribution in [0.3, 0.4) is 0 Å². The third-order valence-corrected chi connectivity index (χ3v) is 3.46. The molecule has 2 atom stereocenters. The minimum atomic E-state index is -0.0466. The Labute approximate surface area is 128 Å². The molecular weight excluding hydrogens is 262 g/mol. The van der Waals surface area contributed by atoms with Crippen molar-refractivity contribution < 1.29 is 4.79 Å². The number of amides is 1. The van der Waals surface area contributed by atoms with Crippen LogP contribution in [0.5, 0.6) is 0 Å². The Hall–Kier alpha value is -1.39. The molecule has 21 heavy (non-hydrogen) atoms. The molecular formula is C17H29N3O. The Morgan fingerprint density at radius 1 is 1.33 bits per heavy atom. The second-order valence-electron chi connectivity index (χ2n) is 6.33. The summed E-state index contributed by atoms with van der Waals surface area (Å²) in [6.07, 6.45) is 0. The van der Waals surface area contributed by atoms with E-state index in [0.717, 1.165) is 5.56 Å². The number of aryl methyl sites for hydroxylation is 1. The van der Waals surface area contributed by atoms with Crippen molar-refractivity contribution in [2.24, 2.45) is 11.7 Å². The third kappa shape index (κ3) is 5.86. The first-order valence-electron chi connectivity index (χ1n) is 7.60. The number of hydrogen-bond acceptors (Lipinski definition) is 3. The van der Waals surface area contributed by atoms with Crippen LogP contribution in [0.4, 0.5) is 0 Å². The predicted octanol–water partition coefficient (Wildman–Crippen LogP) is 2.09. The van der Waals surface area contributed by atoms with Crippen molar-refractivity contribution in [1.82, 2.24) is 10.2 Å². The number of nitrogens with two attached hydrogens (primary N) is 1. The molecule has 2 unspecified atom stereocenters. The van der Waals surface area contributed by atoms with Gasteiger partial charge in [-0.2, -0.15) is 0 Å². The van der Waals surface area contributed by atoms with E-state index in [9.17, 15) is 4.79 Å². The van der Waals surface area contributed by atoms with Gasteiger partial charge in [0.2, 0.25) is 5.91 Å². The molecule has 1 amide bonds. The van der Waals surface area contributed by atoms with Gasteiger partial charge in [-0.15, -0.1) is 0 Å². The van der Waals surface area contributed by atoms with Crippen LogP contribution in [-0.4, -0.2) is 37.0 Å². The van der Waals surface area contributed by atoms with E-state index in [2.05, 4.69) is 44.3 Å². The molecule has 4 heteroatoms. The second-order valence-corrected chi connectivity index (χ2v) is 6.33. The average Bonchev–Trinajstić information content (AvgIpc) is 2.36. The molecule has 1 aromatic carbocycles. The Morgan fingerprint density at radius 2 is 2.00 bits per heavy atom. The fourth-order valence-corrected chi connectivity index (χ4v) is 2.51. The molecule has 0 aliphatic heterocycles. The summed E-state index contributed by atoms with van der Waals surface area (Å²) in [5.41, 5.74) is 8.51. The van der Waals surface area contributed by atoms with Gasteiger partial charge in [-0.25, -0.2) is 0 Å². The molecule has 3 N–H and O–H groups in total. The molecule has 0 aliphatic carbocycles. The summed E-state index contributed by atoms with van der Waals surface area (Å²) in [4.78, 5) is 14.0. The standard InChI is InChI=1S/C17H29N3O/c1-12(2)10-19-16(21)11-20(5)17(14(4)18)15-8-6-7-13(3)9-15/h6-9,12,14,17H,10-11,18H2,1-5H3,(H,19,21). The van der Waals surface area contributed by atoms with E-state index in [1.165, 1.54) is 5.56 Å². The summed E-state index contributed by atoms with van der Waals surface area (Å²) in [6.45, 7) is 9.28. The summed E-state index contributed by atoms with van der Waals surface area (Å²) in [5, 5.41) is 2.95. The molecule has 4 nitrogen and oxygen atoms in total. The van der Waals surface area contributed by atoms with E-state index in [4.69, 9.17) is 5.73 Å². The number of nitrogens with one attached hydrogen (secondary N) is 1. The number of carbonyl (C=O) groups is 1. The summed E-state index contributed by atoms with van der Waals surface area (Å²) in [5.74, 6) is 0.504. The highest BCUT2D eigenvalue weighted by molar-refractivity contribution is 5.78. The molecule has 0 spiro atoms. The molecule has 0 aromatic heterocycles. The molecule has 0 saturated heterocycles. The summed E-state index contributed by atoms with van der Waals surface area (Å²) in [7, 11) is 1.95. The molecule has 0 fully saturated rings. The molecule has 0 bridgehead atoms. The first-order chi connectivity index (χ1) is 9.81. The van der Waals surface area contributed by atoms with E-state index >= 15 is 0 Å². The van der Waals surface area contributed by atoms with Crippen molar-refractivity contribution in [1.29, 1.82) is 0 Å². The summed E-state index contributed by atoms with van der Waals surface area (Å²) < 4.78 is 0. The highest BCUT2D eigenvalue weighted by atomic mass is 16.2. The first kappa shape index (κ1) is 17.7. The van der Waals surface area contributed by atoms with Crippen LogP contribution in [0.1, 0.15) is 37.9 Å². The van der Waals surface area contributed by atoms with E-state index in [1.807, 2.05) is 24.9 Å². The lowest BCUT2D eigenvalue weighted by molar-refractivity contribution is -0.122. The molecule has 118 valence electrons. The van der Waals surface area contributed by atoms with Crippen LogP contribution in [0.2, 0.25) is 0 Å². The Kier molecular flexibility index (Phi) is 6.85. The van der Waals surface area contributed by atoms with Gasteiger partial charge in [-0.05, 0) is 32.4 Å². The molecule has 0 aliphatic rings. The molecule has 0 heterocycles. The highest BCUT2D eigenvalue weighted by Gasteiger charge is 2.23. The van der Waals surface area contributed by atoms with Crippen LogP contribution in [0.25, 0.3) is 0 Å². The Bertz CT molecular complexity index is 457. The third-order valence-electron chi connectivity index (χ3n) is 3.46. The van der Waals surface area contributed by atoms with Crippen molar-refractivity contribution in [3.05, 3.63) is 35.4 Å². The van der Waals surface area contributed by atoms with E-state index in [1.54, 1.807) is 0 Å². The van der Waals surface area contributed by atoms with Crippen molar-refractivity contribution in [3.8, 4) is 0 Å². The largest absolute Gasteiger partial charge is 0.355 e. The summed E-state index contributed by atoms with van der Waals surface area (Å²) >= 11 is 0. The lowest BCUT2D eigenvalue weighted by Gasteiger charge is -2.31. The van der Waals surface area contributed by atoms with E-state index in [-0.39, 0.29) is 18.0 Å². The number of hydrogen-bond donors (Lipinski definition) is 2. The normalized spacial score (nSPS) is 14.3. The van der Waals surface area contributed by atoms with E-state index < -0.39 is 0 Å². The van der Waals surface area contributed by atoms with Crippen molar-refractivity contribution in [2.45, 2.75) is 39.8 Å². The van der Waals surface area contributed by atoms with Gasteiger partial charge in [0.15, 0.2) is 0 Å². The average molecular weight is 291 g/mol. The van der Waals surface area contributed by atoms with E-state index in [0.29, 0.717) is 19.0 Å². The van der Waals surface area contributed by atoms with Gasteiger partial charge in [0.05, 0.1) is 6.54 Å². The number of nitrogens with zero attached hydrogens (tertiary/aromatic N) is 1. The van der Waals surface area contributed by atoms with Crippen LogP contribution in [0, 0.1) is 12.8 Å². The zero-order chi connectivity index (χ0) is 16.0. The second kappa shape index (κ2) is 8.15. The first-order valence-corrected chi connectivity index (χ1v) is 7.60. The molecule has 0 radical (unpaired) electrons. The SMILES string of the molecule is Cc1cccc(C(C(C)N)N(C)CC(=O)NCC(C)C)c1. The number of benzene rings is 1. The zero-order valence-corrected chi connectivity index (χ0v) is 13.9. The molecule has 1 aromatic rings. The van der Waals surface area contributed by atoms with Crippen molar-refractivity contribution in [3.63, 3.8) is 0 Å². The van der Waals surface area contributed by atoms with Crippen LogP contribution in [0.15, 0.2) is 24.3 Å². The zero-order valence-electron chi connectivity index (χ0n) is 13.9. The lowest BCUT2D eigenvalue weighted by Crippen LogP contribution is -2.43. The molecule has 1 rings (SSSR count). The lowest BCUT2D eigenvalue weighted by atomic mass is 9.98. The number of carbonyl (C=O) groups excluding carboxylic acids is 1. The fraction of sp³-hybridized carbons (Fsp3) is 0.588. The van der Waals surface area contributed by atoms with Gasteiger partial charge in [0, 0.05) is 18.6 Å². The fourth-order valence-electron chi connectivity index (χ4n) is 2.51. The van der Waals surface area contributed by atoms with Gasteiger partial charge in [-0.1, -0.05) is 43.7 Å². The Balaban J connectivity index is 2.74. The highest BCUT2D eigenvalue weighted by Crippen LogP contribution is 2.22. The van der Waals surface area contributed by atoms with Crippen LogP contribution >= 0.6 is 0 Å². The quantitative estimate of drug-likeness (QED) is 0.809. The monoisotopic (exact) mass is 291 g/mol. The smallest absolute Gasteiger partial charge is 0.234 e. The van der Waals surface area contributed by atoms with Gasteiger partial charge >= 0.3 is 0 Å². The van der Waals surface area contributed by atoms with Gasteiger partial charge in [-0.3, -0.25) is 9.69 Å². The predicted molar refractivity (Wildman–Crippen MR) is 88.0 cm³/mol. The Morgan fingerprint density at radius 3 is 2.52 bits per heavy atom. The number of rotatable bonds is 7. The maximum Gasteiger partial charge on any atom is 0.234 e. The topological polar surface area (TPSA) is 58.4 Å². The van der Waals surface area contributed by atoms with Gasteiger partial charge < -0.3 is 11.1 Å². The van der Waals surface area contributed by atoms with Crippen LogP contribution in [-0.2, 0) is 4.79 Å². The van der Waals surface area contributed by atoms with Crippen molar-refractivity contribution in [2.75, 3.05) is 20.1 Å². The van der Waals surface area contributed by atoms with Gasteiger partial charge in [0.25, 0.3) is 0 Å².